The number of aromatic amines is 6. The summed E-state index contributed by atoms with van der Waals surface area (Å²) in [6, 6.07) is 25.0. The van der Waals surface area contributed by atoms with Crippen molar-refractivity contribution in [3.05, 3.63) is 155 Å². The number of nitrogens with zero attached hydrogens (tertiary/aromatic N) is 8. The summed E-state index contributed by atoms with van der Waals surface area (Å²) >= 11 is 0. The molecule has 0 aliphatic heterocycles. The molecule has 0 bridgehead atoms. The number of imidazole rings is 3. The third-order valence-corrected chi connectivity index (χ3v) is 14.7. The van der Waals surface area contributed by atoms with Gasteiger partial charge in [0.2, 0.25) is 0 Å². The van der Waals surface area contributed by atoms with E-state index in [0.29, 0.717) is 76.7 Å². The molecule has 8 N–H and O–H groups in total. The second-order valence-electron chi connectivity index (χ2n) is 19.9. The zero-order chi connectivity index (χ0) is 55.2. The summed E-state index contributed by atoms with van der Waals surface area (Å²) < 4.78 is 0. The number of carbonyl (C=O) groups excluding carboxylic acids is 3. The molecule has 0 radical (unpaired) electrons. The largest absolute Gasteiger partial charge is 0.354 e. The third kappa shape index (κ3) is 9.57. The Morgan fingerprint density at radius 2 is 1.16 bits per heavy atom. The number of aromatic nitrogens is 12. The van der Waals surface area contributed by atoms with Crippen molar-refractivity contribution in [2.45, 2.75) is 33.6 Å². The highest BCUT2D eigenvalue weighted by molar-refractivity contribution is 6.03. The van der Waals surface area contributed by atoms with Crippen LogP contribution < -0.4 is 10.6 Å². The van der Waals surface area contributed by atoms with Crippen molar-refractivity contribution < 1.29 is 14.4 Å². The van der Waals surface area contributed by atoms with E-state index in [9.17, 15) is 14.4 Å². The Balaban J connectivity index is 0.914. The molecule has 3 aromatic carbocycles. The van der Waals surface area contributed by atoms with Crippen LogP contribution in [0.2, 0.25) is 0 Å². The molecule has 9 aromatic heterocycles. The first-order chi connectivity index (χ1) is 38.9. The van der Waals surface area contributed by atoms with E-state index in [2.05, 4.69) is 88.9 Å². The van der Waals surface area contributed by atoms with E-state index in [-0.39, 0.29) is 24.3 Å². The second-order valence-corrected chi connectivity index (χ2v) is 19.9. The molecule has 0 aliphatic carbocycles. The van der Waals surface area contributed by atoms with Crippen LogP contribution >= 0.6 is 0 Å². The first-order valence-electron chi connectivity index (χ1n) is 26.5. The minimum Gasteiger partial charge on any atom is -0.354 e. The summed E-state index contributed by atoms with van der Waals surface area (Å²) in [5.41, 5.74) is 14.5. The Morgan fingerprint density at radius 3 is 1.76 bits per heavy atom. The normalized spacial score (nSPS) is 11.7. The van der Waals surface area contributed by atoms with Gasteiger partial charge < -0.3 is 50.3 Å². The van der Waals surface area contributed by atoms with Crippen LogP contribution in [0, 0.1) is 19.3 Å². The molecular formula is C61H56N16O3. The summed E-state index contributed by atoms with van der Waals surface area (Å²) in [4.78, 5) is 94.0. The number of aryl methyl sites for hydroxylation is 1. The second kappa shape index (κ2) is 21.0. The van der Waals surface area contributed by atoms with Crippen LogP contribution in [0.1, 0.15) is 73.5 Å². The van der Waals surface area contributed by atoms with Gasteiger partial charge >= 0.3 is 0 Å². The van der Waals surface area contributed by atoms with Crippen molar-refractivity contribution in [3.8, 4) is 46.1 Å². The number of likely N-dealkylation sites (N-methyl/N-ethyl adjacent to an activating group) is 1. The number of terminal acetylenes is 1. The molecule has 398 valence electrons. The highest BCUT2D eigenvalue weighted by atomic mass is 16.2. The first-order valence-corrected chi connectivity index (χ1v) is 26.5. The van der Waals surface area contributed by atoms with Gasteiger partial charge in [-0.3, -0.25) is 14.4 Å². The number of rotatable bonds is 18. The smallest absolute Gasteiger partial charge is 0.254 e. The van der Waals surface area contributed by atoms with Crippen LogP contribution in [0.25, 0.3) is 100.0 Å². The molecule has 0 spiro atoms. The van der Waals surface area contributed by atoms with Gasteiger partial charge in [0, 0.05) is 141 Å². The van der Waals surface area contributed by atoms with Crippen LogP contribution in [-0.2, 0) is 12.8 Å². The molecule has 0 saturated carbocycles. The molecule has 12 aromatic rings. The summed E-state index contributed by atoms with van der Waals surface area (Å²) in [5.74, 6) is 4.05. The maximum atomic E-state index is 13.3. The van der Waals surface area contributed by atoms with Crippen molar-refractivity contribution >= 4 is 83.9 Å². The van der Waals surface area contributed by atoms with Crippen LogP contribution in [0.3, 0.4) is 0 Å². The maximum absolute atomic E-state index is 13.3. The number of pyridine rings is 3. The van der Waals surface area contributed by atoms with Gasteiger partial charge in [0.15, 0.2) is 16.9 Å². The highest BCUT2D eigenvalue weighted by Gasteiger charge is 2.24. The molecule has 19 heteroatoms. The van der Waals surface area contributed by atoms with Crippen LogP contribution in [0.15, 0.2) is 110 Å². The number of amides is 3. The molecular weight excluding hydrogens is 1000 g/mol. The van der Waals surface area contributed by atoms with Crippen molar-refractivity contribution in [3.63, 3.8) is 0 Å². The van der Waals surface area contributed by atoms with Gasteiger partial charge in [0.25, 0.3) is 17.7 Å². The molecule has 9 heterocycles. The predicted octanol–water partition coefficient (Wildman–Crippen LogP) is 9.13. The number of hydrogen-bond donors (Lipinski definition) is 8. The predicted molar refractivity (Wildman–Crippen MR) is 312 cm³/mol. The Labute approximate surface area is 458 Å². The van der Waals surface area contributed by atoms with Gasteiger partial charge in [0.1, 0.15) is 17.5 Å². The van der Waals surface area contributed by atoms with Crippen LogP contribution in [0.4, 0.5) is 0 Å². The Hall–Kier alpha value is -10.2. The van der Waals surface area contributed by atoms with E-state index in [4.69, 9.17) is 31.3 Å². The molecule has 0 unspecified atom stereocenters. The van der Waals surface area contributed by atoms with Crippen molar-refractivity contribution in [2.75, 3.05) is 46.3 Å². The molecule has 0 atom stereocenters. The van der Waals surface area contributed by atoms with Crippen LogP contribution in [-0.4, -0.2) is 134 Å². The van der Waals surface area contributed by atoms with E-state index < -0.39 is 0 Å². The Bertz CT molecular complexity index is 4460. The minimum absolute atomic E-state index is 0.126. The van der Waals surface area contributed by atoms with E-state index >= 15 is 0 Å². The van der Waals surface area contributed by atoms with Gasteiger partial charge in [-0.15, -0.1) is 13.0 Å². The van der Waals surface area contributed by atoms with Gasteiger partial charge in [-0.2, -0.15) is 0 Å². The van der Waals surface area contributed by atoms with E-state index in [1.54, 1.807) is 25.4 Å². The zero-order valence-corrected chi connectivity index (χ0v) is 44.6. The lowest BCUT2D eigenvalue weighted by Crippen LogP contribution is -2.34. The molecule has 3 amide bonds. The number of H-pyrrole nitrogens is 6. The standard InChI is InChI=1S/C61H56N16O3/c1-7-18-63-59(78)37-14-11-36-25-48(71-43(36)26-37)52-41(29-49-72-53-42(17-19-62-56(53)74-49)46-23-34-13-16-39(28-45(34)69-46)61(80)76(6)21-8-2)32-66-58-55(52)73-50(75-58)30-40-31-65-57-54(67-33(5)68-57)51(40)47-24-35-12-15-38(27-44(35)70-47)60(79)64-20-22-77(9-3)10-4/h2,7,11-17,19,23-28,31-32,69-71H,1,9-10,18,20-22,29-30H2,3-6H3,(H,63,78)(H,64,79)(H,62,72,74)(H,65,67,68)(H,66,73,75). The third-order valence-electron chi connectivity index (χ3n) is 14.7. The number of carbonyl (C=O) groups is 3. The number of nitrogens with one attached hydrogen (secondary N) is 8. The summed E-state index contributed by atoms with van der Waals surface area (Å²) in [5, 5.41) is 8.74. The topological polar surface area (TPSA) is 254 Å². The summed E-state index contributed by atoms with van der Waals surface area (Å²) in [6.07, 6.45) is 13.2. The lowest BCUT2D eigenvalue weighted by Gasteiger charge is -2.17. The quantitative estimate of drug-likeness (QED) is 0.0299. The number of hydrogen-bond acceptors (Lipinski definition) is 10. The average molecular weight is 1060 g/mol. The van der Waals surface area contributed by atoms with Gasteiger partial charge in [-0.25, -0.2) is 29.9 Å². The monoisotopic (exact) mass is 1060 g/mol. The fourth-order valence-electron chi connectivity index (χ4n) is 10.6. The maximum Gasteiger partial charge on any atom is 0.254 e. The molecule has 12 rings (SSSR count). The average Bonchev–Trinajstić information content (AvgIpc) is 4.35. The van der Waals surface area contributed by atoms with Gasteiger partial charge in [-0.1, -0.05) is 44.0 Å². The lowest BCUT2D eigenvalue weighted by molar-refractivity contribution is 0.0812. The van der Waals surface area contributed by atoms with Gasteiger partial charge in [-0.05, 0) is 91.8 Å². The molecule has 80 heavy (non-hydrogen) atoms. The van der Waals surface area contributed by atoms with Crippen molar-refractivity contribution in [1.82, 2.24) is 80.2 Å². The van der Waals surface area contributed by atoms with Crippen LogP contribution in [0.5, 0.6) is 0 Å². The van der Waals surface area contributed by atoms with E-state index in [1.165, 1.54) is 4.90 Å². The molecule has 0 saturated heterocycles. The van der Waals surface area contributed by atoms with Gasteiger partial charge in [0.05, 0.1) is 23.1 Å². The highest BCUT2D eigenvalue weighted by Crippen LogP contribution is 2.37. The first kappa shape index (κ1) is 50.6. The Morgan fingerprint density at radius 1 is 0.637 bits per heavy atom. The lowest BCUT2D eigenvalue weighted by atomic mass is 10.0. The number of benzene rings is 3. The molecule has 0 aliphatic rings. The Kier molecular flexibility index (Phi) is 13.3. The minimum atomic E-state index is -0.207. The SMILES string of the molecule is C#CCN(C)C(=O)c1ccc2cc(-c3ccnc4nc(Cc5cnc6nc(Cc7cnc8nc(C)[nH]c8c7-c7cc8ccc(C(=O)NCCN(CC)CC)cc8[nH]7)[nH]c6c5-c5cc6ccc(C(=O)NCC=C)cc6[nH]5)[nH]c34)[nH]c2c1. The fraction of sp³-hybridized carbons (Fsp3) is 0.197. The van der Waals surface area contributed by atoms with Crippen molar-refractivity contribution in [2.24, 2.45) is 0 Å². The van der Waals surface area contributed by atoms with E-state index in [0.717, 1.165) is 114 Å². The summed E-state index contributed by atoms with van der Waals surface area (Å²) in [6.45, 7) is 13.6. The molecule has 19 nitrogen and oxygen atoms in total. The summed E-state index contributed by atoms with van der Waals surface area (Å²) in [7, 11) is 1.68. The fourth-order valence-corrected chi connectivity index (χ4v) is 10.6. The molecule has 0 fully saturated rings. The number of fused-ring (bicyclic) bond motifs is 6. The van der Waals surface area contributed by atoms with E-state index in [1.807, 2.05) is 80.0 Å². The van der Waals surface area contributed by atoms with Crippen molar-refractivity contribution in [1.29, 1.82) is 0 Å². The zero-order valence-electron chi connectivity index (χ0n) is 44.6.